The summed E-state index contributed by atoms with van der Waals surface area (Å²) in [6.07, 6.45) is 4.24. The number of hydrogen-bond donors (Lipinski definition) is 0. The maximum atomic E-state index is 13.1. The molecule has 0 saturated carbocycles. The number of rotatable bonds is 6. The van der Waals surface area contributed by atoms with Crippen LogP contribution in [0.5, 0.6) is 0 Å². The highest BCUT2D eigenvalue weighted by molar-refractivity contribution is 7.98. The molecule has 0 unspecified atom stereocenters. The normalized spacial score (nSPS) is 16.9. The summed E-state index contributed by atoms with van der Waals surface area (Å²) in [5, 5.41) is 1.44. The largest absolute Gasteiger partial charge is 0.376 e. The quantitative estimate of drug-likeness (QED) is 0.449. The van der Waals surface area contributed by atoms with E-state index in [1.807, 2.05) is 24.3 Å². The number of thioether (sulfide) groups is 2. The molecule has 1 aliphatic rings. The van der Waals surface area contributed by atoms with E-state index in [0.717, 1.165) is 35.9 Å². The summed E-state index contributed by atoms with van der Waals surface area (Å²) in [6.45, 7) is 1.36. The van der Waals surface area contributed by atoms with Crippen LogP contribution in [0.1, 0.15) is 18.4 Å². The fourth-order valence-corrected chi connectivity index (χ4v) is 4.65. The molecule has 1 aliphatic heterocycles. The van der Waals surface area contributed by atoms with Gasteiger partial charge in [0.15, 0.2) is 5.16 Å². The lowest BCUT2D eigenvalue weighted by Crippen LogP contribution is -2.28. The third-order valence-corrected chi connectivity index (χ3v) is 6.55. The van der Waals surface area contributed by atoms with Crippen LogP contribution in [0.3, 0.4) is 0 Å². The van der Waals surface area contributed by atoms with E-state index in [2.05, 4.69) is 30.5 Å². The van der Waals surface area contributed by atoms with Crippen molar-refractivity contribution in [2.24, 2.45) is 0 Å². The topological polar surface area (TPSA) is 44.1 Å². The Morgan fingerprint density at radius 3 is 2.74 bits per heavy atom. The second-order valence-electron chi connectivity index (χ2n) is 6.60. The molecule has 0 radical (unpaired) electrons. The van der Waals surface area contributed by atoms with Crippen molar-refractivity contribution in [3.05, 3.63) is 64.4 Å². The van der Waals surface area contributed by atoms with Crippen molar-refractivity contribution < 1.29 is 4.74 Å². The van der Waals surface area contributed by atoms with Gasteiger partial charge < -0.3 is 4.74 Å². The molecule has 27 heavy (non-hydrogen) atoms. The van der Waals surface area contributed by atoms with Crippen LogP contribution in [0, 0.1) is 0 Å². The van der Waals surface area contributed by atoms with Gasteiger partial charge in [0.1, 0.15) is 0 Å². The lowest BCUT2D eigenvalue weighted by Gasteiger charge is -2.16. The zero-order valence-electron chi connectivity index (χ0n) is 15.3. The predicted octanol–water partition coefficient (Wildman–Crippen LogP) is 4.59. The van der Waals surface area contributed by atoms with E-state index >= 15 is 0 Å². The molecule has 1 saturated heterocycles. The van der Waals surface area contributed by atoms with E-state index in [-0.39, 0.29) is 11.7 Å². The van der Waals surface area contributed by atoms with Crippen molar-refractivity contribution in [1.82, 2.24) is 9.55 Å². The molecule has 6 heteroatoms. The fraction of sp³-hybridized carbons (Fsp3) is 0.333. The first-order valence-corrected chi connectivity index (χ1v) is 11.3. The monoisotopic (exact) mass is 398 g/mol. The molecule has 0 aliphatic carbocycles. The van der Waals surface area contributed by atoms with Gasteiger partial charge in [0.2, 0.25) is 0 Å². The second-order valence-corrected chi connectivity index (χ2v) is 8.42. The standard InChI is InChI=1S/C21H22N2O2S2/c1-26-17-10-8-15(9-11-17)14-27-21-22-19-7-3-2-6-18(19)20(24)23(21)13-16-5-4-12-25-16/h2-3,6-11,16H,4-5,12-14H2,1H3/t16-/m0/s1. The third-order valence-electron chi connectivity index (χ3n) is 4.76. The van der Waals surface area contributed by atoms with Crippen molar-refractivity contribution in [2.75, 3.05) is 12.9 Å². The third kappa shape index (κ3) is 4.23. The SMILES string of the molecule is CSc1ccc(CSc2nc3ccccc3c(=O)n2C[C@@H]2CCCO2)cc1. The van der Waals surface area contributed by atoms with Gasteiger partial charge >= 0.3 is 0 Å². The van der Waals surface area contributed by atoms with Crippen LogP contribution in [-0.2, 0) is 17.0 Å². The van der Waals surface area contributed by atoms with Crippen LogP contribution in [0.2, 0.25) is 0 Å². The van der Waals surface area contributed by atoms with E-state index in [0.29, 0.717) is 11.9 Å². The molecule has 0 spiro atoms. The lowest BCUT2D eigenvalue weighted by molar-refractivity contribution is 0.0937. The average Bonchev–Trinajstić information content (AvgIpc) is 3.22. The number of nitrogens with zero attached hydrogens (tertiary/aromatic N) is 2. The molecule has 0 amide bonds. The van der Waals surface area contributed by atoms with Crippen LogP contribution < -0.4 is 5.56 Å². The van der Waals surface area contributed by atoms with Crippen LogP contribution >= 0.6 is 23.5 Å². The number of fused-ring (bicyclic) bond motifs is 1. The molecule has 2 heterocycles. The Bertz CT molecular complexity index is 980. The molecule has 1 fully saturated rings. The van der Waals surface area contributed by atoms with Crippen LogP contribution in [0.4, 0.5) is 0 Å². The molecule has 0 bridgehead atoms. The van der Waals surface area contributed by atoms with Crippen molar-refractivity contribution in [2.45, 2.75) is 41.3 Å². The van der Waals surface area contributed by atoms with E-state index in [1.165, 1.54) is 10.5 Å². The summed E-state index contributed by atoms with van der Waals surface area (Å²) in [5.41, 5.74) is 2.01. The maximum Gasteiger partial charge on any atom is 0.262 e. The molecule has 4 nitrogen and oxygen atoms in total. The Hall–Kier alpha value is -1.76. The van der Waals surface area contributed by atoms with E-state index in [9.17, 15) is 4.79 Å². The number of benzene rings is 2. The summed E-state index contributed by atoms with van der Waals surface area (Å²) in [7, 11) is 0. The number of hydrogen-bond acceptors (Lipinski definition) is 5. The van der Waals surface area contributed by atoms with Crippen molar-refractivity contribution in [3.63, 3.8) is 0 Å². The van der Waals surface area contributed by atoms with Gasteiger partial charge in [0.25, 0.3) is 5.56 Å². The first-order chi connectivity index (χ1) is 13.2. The molecule has 1 aromatic heterocycles. The Labute approximate surface area is 167 Å². The highest BCUT2D eigenvalue weighted by Crippen LogP contribution is 2.25. The molecule has 3 aromatic rings. The minimum atomic E-state index is 0.0244. The van der Waals surface area contributed by atoms with Gasteiger partial charge in [0.05, 0.1) is 23.6 Å². The minimum Gasteiger partial charge on any atom is -0.376 e. The fourth-order valence-electron chi connectivity index (χ4n) is 3.28. The van der Waals surface area contributed by atoms with Crippen molar-refractivity contribution >= 4 is 34.4 Å². The summed E-state index contributed by atoms with van der Waals surface area (Å²) < 4.78 is 7.57. The van der Waals surface area contributed by atoms with Gasteiger partial charge in [-0.1, -0.05) is 36.0 Å². The van der Waals surface area contributed by atoms with Gasteiger partial charge in [-0.05, 0) is 48.9 Å². The second kappa shape index (κ2) is 8.50. The Kier molecular flexibility index (Phi) is 5.86. The average molecular weight is 399 g/mol. The van der Waals surface area contributed by atoms with Gasteiger partial charge in [-0.15, -0.1) is 11.8 Å². The zero-order chi connectivity index (χ0) is 18.6. The molecular weight excluding hydrogens is 376 g/mol. The molecule has 140 valence electrons. The smallest absolute Gasteiger partial charge is 0.262 e. The summed E-state index contributed by atoms with van der Waals surface area (Å²) in [4.78, 5) is 19.1. The Balaban J connectivity index is 1.65. The van der Waals surface area contributed by atoms with E-state index in [4.69, 9.17) is 9.72 Å². The highest BCUT2D eigenvalue weighted by Gasteiger charge is 2.20. The Morgan fingerprint density at radius 1 is 1.19 bits per heavy atom. The molecule has 2 aromatic carbocycles. The number of aromatic nitrogens is 2. The molecule has 0 N–H and O–H groups in total. The summed E-state index contributed by atoms with van der Waals surface area (Å²) >= 11 is 3.35. The van der Waals surface area contributed by atoms with Gasteiger partial charge in [-0.25, -0.2) is 4.98 Å². The minimum absolute atomic E-state index is 0.0244. The van der Waals surface area contributed by atoms with Crippen molar-refractivity contribution in [3.8, 4) is 0 Å². The molecule has 4 rings (SSSR count). The van der Waals surface area contributed by atoms with E-state index in [1.54, 1.807) is 28.1 Å². The number of ether oxygens (including phenoxy) is 1. The summed E-state index contributed by atoms with van der Waals surface area (Å²) in [5.74, 6) is 0.783. The number of para-hydroxylation sites is 1. The van der Waals surface area contributed by atoms with Crippen molar-refractivity contribution in [1.29, 1.82) is 0 Å². The molecule has 1 atom stereocenters. The molecular formula is C21H22N2O2S2. The van der Waals surface area contributed by atoms with Gasteiger partial charge in [-0.2, -0.15) is 0 Å². The maximum absolute atomic E-state index is 13.1. The first-order valence-electron chi connectivity index (χ1n) is 9.11. The Morgan fingerprint density at radius 2 is 2.00 bits per heavy atom. The first kappa shape index (κ1) is 18.6. The van der Waals surface area contributed by atoms with Crippen LogP contribution in [0.15, 0.2) is 63.4 Å². The summed E-state index contributed by atoms with van der Waals surface area (Å²) in [6, 6.07) is 16.1. The zero-order valence-corrected chi connectivity index (χ0v) is 16.9. The highest BCUT2D eigenvalue weighted by atomic mass is 32.2. The van der Waals surface area contributed by atoms with Gasteiger partial charge in [-0.3, -0.25) is 9.36 Å². The van der Waals surface area contributed by atoms with E-state index < -0.39 is 0 Å². The van der Waals surface area contributed by atoms with Gasteiger partial charge in [0, 0.05) is 17.3 Å². The lowest BCUT2D eigenvalue weighted by atomic mass is 10.2. The van der Waals surface area contributed by atoms with Crippen LogP contribution in [-0.4, -0.2) is 28.5 Å². The predicted molar refractivity (Wildman–Crippen MR) is 113 cm³/mol. The van der Waals surface area contributed by atoms with Crippen LogP contribution in [0.25, 0.3) is 10.9 Å².